The molecule has 1 aliphatic rings. The van der Waals surface area contributed by atoms with Gasteiger partial charge in [-0.25, -0.2) is 0 Å². The molecule has 0 amide bonds. The van der Waals surface area contributed by atoms with Crippen LogP contribution >= 0.6 is 11.6 Å². The number of hydrogen-bond donors (Lipinski definition) is 1. The minimum absolute atomic E-state index is 0.699. The molecule has 16 heavy (non-hydrogen) atoms. The van der Waals surface area contributed by atoms with Crippen molar-refractivity contribution in [1.29, 1.82) is 0 Å². The molecule has 1 saturated carbocycles. The molecule has 0 saturated heterocycles. The van der Waals surface area contributed by atoms with Gasteiger partial charge < -0.3 is 5.32 Å². The van der Waals surface area contributed by atoms with Crippen molar-refractivity contribution in [2.75, 3.05) is 0 Å². The van der Waals surface area contributed by atoms with Gasteiger partial charge in [0.2, 0.25) is 0 Å². The third-order valence-corrected chi connectivity index (χ3v) is 3.85. The van der Waals surface area contributed by atoms with Crippen LogP contribution in [0.25, 0.3) is 0 Å². The Morgan fingerprint density at radius 2 is 1.88 bits per heavy atom. The highest BCUT2D eigenvalue weighted by Gasteiger charge is 2.20. The summed E-state index contributed by atoms with van der Waals surface area (Å²) >= 11 is 5.86. The third-order valence-electron chi connectivity index (χ3n) is 3.59. The fourth-order valence-corrected chi connectivity index (χ4v) is 2.60. The molecule has 88 valence electrons. The maximum Gasteiger partial charge on any atom is 0.0406 e. The van der Waals surface area contributed by atoms with Crippen molar-refractivity contribution in [3.8, 4) is 0 Å². The van der Waals surface area contributed by atoms with Gasteiger partial charge in [-0.1, -0.05) is 43.5 Å². The summed E-state index contributed by atoms with van der Waals surface area (Å²) in [5.74, 6) is 0.820. The molecule has 1 aromatic rings. The van der Waals surface area contributed by atoms with Gasteiger partial charge in [0.05, 0.1) is 0 Å². The normalized spacial score (nSPS) is 25.6. The highest BCUT2D eigenvalue weighted by atomic mass is 35.5. The Hall–Kier alpha value is -0.530. The standard InChI is InChI=1S/C14H20ClN/c1-11-4-2-3-5-14(11)16-10-12-6-8-13(15)9-7-12/h6-9,11,14,16H,2-5,10H2,1H3. The largest absolute Gasteiger partial charge is 0.310 e. The average Bonchev–Trinajstić information content (AvgIpc) is 2.30. The van der Waals surface area contributed by atoms with Crippen molar-refractivity contribution in [2.45, 2.75) is 45.2 Å². The summed E-state index contributed by atoms with van der Waals surface area (Å²) < 4.78 is 0. The summed E-state index contributed by atoms with van der Waals surface area (Å²) in [6.07, 6.45) is 5.48. The quantitative estimate of drug-likeness (QED) is 0.838. The number of halogens is 1. The number of benzene rings is 1. The summed E-state index contributed by atoms with van der Waals surface area (Å²) in [6, 6.07) is 8.82. The van der Waals surface area contributed by atoms with E-state index in [2.05, 4.69) is 24.4 Å². The van der Waals surface area contributed by atoms with Gasteiger partial charge in [0.25, 0.3) is 0 Å². The van der Waals surface area contributed by atoms with Gasteiger partial charge in [0.1, 0.15) is 0 Å². The summed E-state index contributed by atoms with van der Waals surface area (Å²) in [5, 5.41) is 4.48. The molecule has 2 atom stereocenters. The van der Waals surface area contributed by atoms with Crippen molar-refractivity contribution in [2.24, 2.45) is 5.92 Å². The van der Waals surface area contributed by atoms with Crippen LogP contribution in [0.5, 0.6) is 0 Å². The SMILES string of the molecule is CC1CCCCC1NCc1ccc(Cl)cc1. The smallest absolute Gasteiger partial charge is 0.0406 e. The highest BCUT2D eigenvalue weighted by Crippen LogP contribution is 2.24. The second-order valence-corrected chi connectivity index (χ2v) is 5.31. The van der Waals surface area contributed by atoms with Crippen molar-refractivity contribution in [3.05, 3.63) is 34.9 Å². The molecule has 1 aliphatic carbocycles. The molecule has 0 radical (unpaired) electrons. The molecule has 1 fully saturated rings. The molecule has 1 N–H and O–H groups in total. The van der Waals surface area contributed by atoms with E-state index in [9.17, 15) is 0 Å². The van der Waals surface area contributed by atoms with Crippen LogP contribution in [0.1, 0.15) is 38.2 Å². The lowest BCUT2D eigenvalue weighted by molar-refractivity contribution is 0.279. The van der Waals surface area contributed by atoms with Crippen molar-refractivity contribution in [3.63, 3.8) is 0 Å². The van der Waals surface area contributed by atoms with Gasteiger partial charge in [-0.15, -0.1) is 0 Å². The molecule has 2 unspecified atom stereocenters. The van der Waals surface area contributed by atoms with E-state index in [1.54, 1.807) is 0 Å². The summed E-state index contributed by atoms with van der Waals surface area (Å²) in [6.45, 7) is 3.32. The number of nitrogens with one attached hydrogen (secondary N) is 1. The Bertz CT molecular complexity index is 320. The maximum absolute atomic E-state index is 5.86. The van der Waals surface area contributed by atoms with Crippen molar-refractivity contribution < 1.29 is 0 Å². The minimum atomic E-state index is 0.699. The zero-order valence-electron chi connectivity index (χ0n) is 9.88. The van der Waals surface area contributed by atoms with Gasteiger partial charge in [-0.05, 0) is 36.5 Å². The number of rotatable bonds is 3. The zero-order chi connectivity index (χ0) is 11.4. The minimum Gasteiger partial charge on any atom is -0.310 e. The van der Waals surface area contributed by atoms with E-state index in [-0.39, 0.29) is 0 Å². The predicted molar refractivity (Wildman–Crippen MR) is 69.7 cm³/mol. The predicted octanol–water partition coefficient (Wildman–Crippen LogP) is 4.01. The molecule has 0 spiro atoms. The van der Waals surface area contributed by atoms with E-state index in [1.807, 2.05) is 12.1 Å². The van der Waals surface area contributed by atoms with Gasteiger partial charge in [0.15, 0.2) is 0 Å². The maximum atomic E-state index is 5.86. The molecule has 0 bridgehead atoms. The fraction of sp³-hybridized carbons (Fsp3) is 0.571. The van der Waals surface area contributed by atoms with Crippen LogP contribution in [0.4, 0.5) is 0 Å². The van der Waals surface area contributed by atoms with Crippen LogP contribution < -0.4 is 5.32 Å². The van der Waals surface area contributed by atoms with Gasteiger partial charge in [-0.2, -0.15) is 0 Å². The lowest BCUT2D eigenvalue weighted by Crippen LogP contribution is -2.36. The second-order valence-electron chi connectivity index (χ2n) is 4.88. The van der Waals surface area contributed by atoms with Gasteiger partial charge >= 0.3 is 0 Å². The third kappa shape index (κ3) is 3.23. The lowest BCUT2D eigenvalue weighted by atomic mass is 9.86. The average molecular weight is 238 g/mol. The van der Waals surface area contributed by atoms with Crippen molar-refractivity contribution in [1.82, 2.24) is 5.32 Å². The Morgan fingerprint density at radius 3 is 2.56 bits per heavy atom. The Labute approximate surface area is 103 Å². The molecule has 0 aromatic heterocycles. The van der Waals surface area contributed by atoms with Crippen LogP contribution in [0.3, 0.4) is 0 Å². The lowest BCUT2D eigenvalue weighted by Gasteiger charge is -2.29. The molecule has 0 aliphatic heterocycles. The van der Waals surface area contributed by atoms with Crippen LogP contribution in [-0.4, -0.2) is 6.04 Å². The van der Waals surface area contributed by atoms with Gasteiger partial charge in [-0.3, -0.25) is 0 Å². The van der Waals surface area contributed by atoms with E-state index < -0.39 is 0 Å². The van der Waals surface area contributed by atoms with Crippen LogP contribution in [0.2, 0.25) is 5.02 Å². The summed E-state index contributed by atoms with van der Waals surface area (Å²) in [4.78, 5) is 0. The van der Waals surface area contributed by atoms with E-state index >= 15 is 0 Å². The Balaban J connectivity index is 1.84. The van der Waals surface area contributed by atoms with Crippen LogP contribution in [0, 0.1) is 5.92 Å². The van der Waals surface area contributed by atoms with Crippen LogP contribution in [-0.2, 0) is 6.54 Å². The monoisotopic (exact) mass is 237 g/mol. The van der Waals surface area contributed by atoms with Crippen LogP contribution in [0.15, 0.2) is 24.3 Å². The molecular formula is C14H20ClN. The van der Waals surface area contributed by atoms with Crippen molar-refractivity contribution >= 4 is 11.6 Å². The highest BCUT2D eigenvalue weighted by molar-refractivity contribution is 6.30. The van der Waals surface area contributed by atoms with Gasteiger partial charge in [0, 0.05) is 17.6 Å². The molecular weight excluding hydrogens is 218 g/mol. The molecule has 1 nitrogen and oxygen atoms in total. The first-order valence-corrected chi connectivity index (χ1v) is 6.61. The van der Waals surface area contributed by atoms with E-state index in [0.717, 1.165) is 17.5 Å². The fourth-order valence-electron chi connectivity index (χ4n) is 2.47. The summed E-state index contributed by atoms with van der Waals surface area (Å²) in [7, 11) is 0. The number of hydrogen-bond acceptors (Lipinski definition) is 1. The topological polar surface area (TPSA) is 12.0 Å². The molecule has 1 aromatic carbocycles. The van der Waals surface area contributed by atoms with E-state index in [1.165, 1.54) is 31.2 Å². The van der Waals surface area contributed by atoms with E-state index in [4.69, 9.17) is 11.6 Å². The Kier molecular flexibility index (Phi) is 4.25. The summed E-state index contributed by atoms with van der Waals surface area (Å²) in [5.41, 5.74) is 1.32. The zero-order valence-corrected chi connectivity index (χ0v) is 10.6. The Morgan fingerprint density at radius 1 is 1.19 bits per heavy atom. The first-order chi connectivity index (χ1) is 7.75. The molecule has 2 rings (SSSR count). The first-order valence-electron chi connectivity index (χ1n) is 6.23. The van der Waals surface area contributed by atoms with E-state index in [0.29, 0.717) is 6.04 Å². The molecule has 0 heterocycles. The second kappa shape index (κ2) is 5.70. The molecule has 2 heteroatoms. The first kappa shape index (κ1) is 11.9.